The standard InChI is InChI=1S/C30H29N5O3S2/c1-33-24-9-5-6-10-25(24)39-29(33)27-28(37)35(19-21-7-3-2-4-8-21)30(40-27)32-23-13-11-22(12-14-23)31-26(36)20-34-15-17-38-18-16-34/h2-14H,15-20H2,1H3,(H,31,36). The molecule has 0 unspecified atom stereocenters. The van der Waals surface area contributed by atoms with Crippen molar-refractivity contribution in [1.29, 1.82) is 0 Å². The van der Waals surface area contributed by atoms with Gasteiger partial charge in [0.25, 0.3) is 5.91 Å². The first-order valence-corrected chi connectivity index (χ1v) is 14.8. The van der Waals surface area contributed by atoms with Crippen molar-refractivity contribution in [1.82, 2.24) is 9.80 Å². The number of carbonyl (C=O) groups excluding carboxylic acids is 2. The molecule has 40 heavy (non-hydrogen) atoms. The Kier molecular flexibility index (Phi) is 7.92. The molecule has 3 heterocycles. The zero-order chi connectivity index (χ0) is 27.5. The summed E-state index contributed by atoms with van der Waals surface area (Å²) in [6.45, 7) is 3.61. The van der Waals surface area contributed by atoms with Crippen LogP contribution in [0.4, 0.5) is 17.1 Å². The van der Waals surface area contributed by atoms with E-state index in [9.17, 15) is 9.59 Å². The molecular formula is C30H29N5O3S2. The van der Waals surface area contributed by atoms with Gasteiger partial charge in [0, 0.05) is 30.7 Å². The Bertz CT molecular complexity index is 1470. The van der Waals surface area contributed by atoms with Crippen LogP contribution in [0.3, 0.4) is 0 Å². The van der Waals surface area contributed by atoms with Gasteiger partial charge in [-0.05, 0) is 53.7 Å². The van der Waals surface area contributed by atoms with Crippen molar-refractivity contribution in [3.8, 4) is 0 Å². The Morgan fingerprint density at radius 2 is 1.68 bits per heavy atom. The third kappa shape index (κ3) is 5.80. The lowest BCUT2D eigenvalue weighted by molar-refractivity contribution is -0.122. The van der Waals surface area contributed by atoms with Gasteiger partial charge in [0.2, 0.25) is 5.91 Å². The van der Waals surface area contributed by atoms with Crippen molar-refractivity contribution in [3.05, 3.63) is 94.4 Å². The molecule has 0 spiro atoms. The molecular weight excluding hydrogens is 542 g/mol. The molecule has 0 atom stereocenters. The summed E-state index contributed by atoms with van der Waals surface area (Å²) in [7, 11) is 2.00. The van der Waals surface area contributed by atoms with Gasteiger partial charge in [-0.2, -0.15) is 0 Å². The molecule has 0 bridgehead atoms. The van der Waals surface area contributed by atoms with Crippen LogP contribution in [-0.2, 0) is 20.9 Å². The van der Waals surface area contributed by atoms with Gasteiger partial charge in [-0.25, -0.2) is 4.99 Å². The summed E-state index contributed by atoms with van der Waals surface area (Å²) >= 11 is 3.02. The summed E-state index contributed by atoms with van der Waals surface area (Å²) < 4.78 is 5.35. The van der Waals surface area contributed by atoms with E-state index in [1.807, 2.05) is 73.8 Å². The number of hydrogen-bond donors (Lipinski definition) is 1. The van der Waals surface area contributed by atoms with E-state index in [4.69, 9.17) is 9.73 Å². The molecule has 2 saturated heterocycles. The summed E-state index contributed by atoms with van der Waals surface area (Å²) in [4.78, 5) is 38.9. The summed E-state index contributed by atoms with van der Waals surface area (Å²) in [5.41, 5.74) is 3.55. The number of nitrogens with zero attached hydrogens (tertiary/aromatic N) is 4. The van der Waals surface area contributed by atoms with Gasteiger partial charge in [0.05, 0.1) is 42.7 Å². The predicted octanol–water partition coefficient (Wildman–Crippen LogP) is 5.13. The van der Waals surface area contributed by atoms with Crippen LogP contribution in [0.2, 0.25) is 0 Å². The predicted molar refractivity (Wildman–Crippen MR) is 162 cm³/mol. The molecule has 0 aromatic heterocycles. The van der Waals surface area contributed by atoms with E-state index >= 15 is 0 Å². The lowest BCUT2D eigenvalue weighted by Gasteiger charge is -2.25. The average molecular weight is 572 g/mol. The SMILES string of the molecule is CN1C(=C2SC(=Nc3ccc(NC(=O)CN4CCOCC4)cc3)N(Cc3ccccc3)C2=O)Sc2ccccc21. The van der Waals surface area contributed by atoms with Crippen molar-refractivity contribution >= 4 is 57.6 Å². The van der Waals surface area contributed by atoms with Crippen molar-refractivity contribution in [2.45, 2.75) is 11.4 Å². The number of benzene rings is 3. The molecule has 6 rings (SSSR count). The van der Waals surface area contributed by atoms with Crippen molar-refractivity contribution < 1.29 is 14.3 Å². The van der Waals surface area contributed by atoms with E-state index in [0.717, 1.165) is 34.3 Å². The van der Waals surface area contributed by atoms with Gasteiger partial charge in [0.15, 0.2) is 5.17 Å². The average Bonchev–Trinajstić information content (AvgIpc) is 3.46. The molecule has 0 radical (unpaired) electrons. The number of morpholine rings is 1. The molecule has 204 valence electrons. The minimum atomic E-state index is -0.0539. The fraction of sp³-hybridized carbons (Fsp3) is 0.233. The second kappa shape index (κ2) is 11.9. The van der Waals surface area contributed by atoms with Crippen LogP contribution in [0.5, 0.6) is 0 Å². The number of fused-ring (bicyclic) bond motifs is 1. The third-order valence-corrected chi connectivity index (χ3v) is 9.26. The molecule has 1 N–H and O–H groups in total. The number of rotatable bonds is 6. The monoisotopic (exact) mass is 571 g/mol. The third-order valence-electron chi connectivity index (χ3n) is 6.83. The summed E-state index contributed by atoms with van der Waals surface area (Å²) in [5.74, 6) is -0.107. The van der Waals surface area contributed by atoms with E-state index in [-0.39, 0.29) is 11.8 Å². The maximum atomic E-state index is 13.8. The van der Waals surface area contributed by atoms with Gasteiger partial charge < -0.3 is 15.0 Å². The molecule has 2 amide bonds. The number of carbonyl (C=O) groups is 2. The van der Waals surface area contributed by atoms with Crippen LogP contribution in [0.15, 0.2) is 98.7 Å². The fourth-order valence-electron chi connectivity index (χ4n) is 4.72. The highest BCUT2D eigenvalue weighted by molar-refractivity contribution is 8.19. The number of thioether (sulfide) groups is 2. The Morgan fingerprint density at radius 1 is 0.950 bits per heavy atom. The lowest BCUT2D eigenvalue weighted by Crippen LogP contribution is -2.41. The van der Waals surface area contributed by atoms with Gasteiger partial charge in [-0.1, -0.05) is 54.2 Å². The van der Waals surface area contributed by atoms with Crippen LogP contribution in [0, 0.1) is 0 Å². The Labute approximate surface area is 242 Å². The second-order valence-corrected chi connectivity index (χ2v) is 11.6. The Morgan fingerprint density at radius 3 is 2.42 bits per heavy atom. The van der Waals surface area contributed by atoms with E-state index in [1.54, 1.807) is 16.7 Å². The first kappa shape index (κ1) is 26.6. The molecule has 8 nitrogen and oxygen atoms in total. The first-order chi connectivity index (χ1) is 19.5. The van der Waals surface area contributed by atoms with Crippen LogP contribution in [0.25, 0.3) is 0 Å². The number of hydrogen-bond acceptors (Lipinski definition) is 8. The van der Waals surface area contributed by atoms with Gasteiger partial charge in [0.1, 0.15) is 4.91 Å². The number of para-hydroxylation sites is 1. The molecule has 2 fully saturated rings. The largest absolute Gasteiger partial charge is 0.379 e. The summed E-state index contributed by atoms with van der Waals surface area (Å²) in [6, 6.07) is 25.5. The molecule has 3 aliphatic heterocycles. The number of amides is 2. The zero-order valence-electron chi connectivity index (χ0n) is 22.1. The van der Waals surface area contributed by atoms with Crippen LogP contribution >= 0.6 is 23.5 Å². The van der Waals surface area contributed by atoms with Crippen LogP contribution < -0.4 is 10.2 Å². The first-order valence-electron chi connectivity index (χ1n) is 13.1. The maximum Gasteiger partial charge on any atom is 0.269 e. The van der Waals surface area contributed by atoms with E-state index in [2.05, 4.69) is 27.2 Å². The highest BCUT2D eigenvalue weighted by Crippen LogP contribution is 2.50. The molecule has 0 aliphatic carbocycles. The Balaban J connectivity index is 1.23. The van der Waals surface area contributed by atoms with Gasteiger partial charge in [-0.3, -0.25) is 19.4 Å². The number of amidine groups is 1. The van der Waals surface area contributed by atoms with Crippen LogP contribution in [0.1, 0.15) is 5.56 Å². The van der Waals surface area contributed by atoms with Crippen LogP contribution in [-0.4, -0.2) is 66.7 Å². The van der Waals surface area contributed by atoms with E-state index < -0.39 is 0 Å². The molecule has 10 heteroatoms. The minimum Gasteiger partial charge on any atom is -0.379 e. The normalized spacial score (nSPS) is 20.3. The maximum absolute atomic E-state index is 13.8. The van der Waals surface area contributed by atoms with E-state index in [1.165, 1.54) is 11.8 Å². The number of anilines is 2. The highest BCUT2D eigenvalue weighted by atomic mass is 32.2. The van der Waals surface area contributed by atoms with Crippen molar-refractivity contribution in [3.63, 3.8) is 0 Å². The fourth-order valence-corrected chi connectivity index (χ4v) is 7.06. The molecule has 3 aromatic rings. The summed E-state index contributed by atoms with van der Waals surface area (Å²) in [6.07, 6.45) is 0. The smallest absolute Gasteiger partial charge is 0.269 e. The van der Waals surface area contributed by atoms with Crippen molar-refractivity contribution in [2.24, 2.45) is 4.99 Å². The number of ether oxygens (including phenoxy) is 1. The number of nitrogens with one attached hydrogen (secondary N) is 1. The molecule has 3 aromatic carbocycles. The van der Waals surface area contributed by atoms with Gasteiger partial charge >= 0.3 is 0 Å². The highest BCUT2D eigenvalue weighted by Gasteiger charge is 2.39. The van der Waals surface area contributed by atoms with E-state index in [0.29, 0.717) is 47.8 Å². The minimum absolute atomic E-state index is 0.0533. The zero-order valence-corrected chi connectivity index (χ0v) is 23.7. The molecule has 0 saturated carbocycles. The topological polar surface area (TPSA) is 77.5 Å². The van der Waals surface area contributed by atoms with Gasteiger partial charge in [-0.15, -0.1) is 0 Å². The molecule has 3 aliphatic rings. The quantitative estimate of drug-likeness (QED) is 0.411. The second-order valence-electron chi connectivity index (χ2n) is 9.62. The Hall–Kier alpha value is -3.57. The summed E-state index contributed by atoms with van der Waals surface area (Å²) in [5, 5.41) is 4.51. The lowest BCUT2D eigenvalue weighted by atomic mass is 10.2. The number of aliphatic imine (C=N–C) groups is 1. The van der Waals surface area contributed by atoms with Crippen molar-refractivity contribution in [2.75, 3.05) is 50.1 Å².